The zero-order valence-corrected chi connectivity index (χ0v) is 21.1. The first-order chi connectivity index (χ1) is 17.2. The van der Waals surface area contributed by atoms with Gasteiger partial charge in [-0.15, -0.1) is 0 Å². The molecule has 9 heteroatoms. The highest BCUT2D eigenvalue weighted by Crippen LogP contribution is 2.49. The summed E-state index contributed by atoms with van der Waals surface area (Å²) >= 11 is 0. The number of likely N-dealkylation sites (tertiary alicyclic amines) is 2. The summed E-state index contributed by atoms with van der Waals surface area (Å²) in [5.41, 5.74) is 4.03. The van der Waals surface area contributed by atoms with Gasteiger partial charge in [-0.2, -0.15) is 0 Å². The number of rotatable bonds is 4. The van der Waals surface area contributed by atoms with Gasteiger partial charge < -0.3 is 24.4 Å². The number of amides is 1. The third-order valence-electron chi connectivity index (χ3n) is 9.10. The summed E-state index contributed by atoms with van der Waals surface area (Å²) in [5, 5.41) is 11.3. The van der Waals surface area contributed by atoms with E-state index >= 15 is 0 Å². The molecule has 0 aliphatic carbocycles. The van der Waals surface area contributed by atoms with E-state index in [1.807, 2.05) is 13.0 Å². The number of fused-ring (bicyclic) bond motifs is 3. The molecule has 1 aromatic carbocycles. The van der Waals surface area contributed by atoms with Crippen molar-refractivity contribution in [2.45, 2.75) is 57.9 Å². The molecule has 36 heavy (non-hydrogen) atoms. The van der Waals surface area contributed by atoms with E-state index in [9.17, 15) is 19.5 Å². The van der Waals surface area contributed by atoms with Crippen molar-refractivity contribution in [2.75, 3.05) is 39.8 Å². The number of likely N-dealkylation sites (N-methyl/N-ethyl adjacent to an activating group) is 1. The number of cyclic esters (lactones) is 2. The largest absolute Gasteiger partial charge is 0.457 e. The van der Waals surface area contributed by atoms with Crippen molar-refractivity contribution in [2.24, 2.45) is 5.41 Å². The van der Waals surface area contributed by atoms with Crippen LogP contribution in [-0.4, -0.2) is 89.6 Å². The monoisotopic (exact) mass is 495 g/mol. The molecule has 3 saturated heterocycles. The fourth-order valence-electron chi connectivity index (χ4n) is 7.18. The van der Waals surface area contributed by atoms with Crippen LogP contribution in [0.1, 0.15) is 59.3 Å². The lowest BCUT2D eigenvalue weighted by Gasteiger charge is -2.54. The van der Waals surface area contributed by atoms with Gasteiger partial charge in [-0.05, 0) is 57.4 Å². The topological polar surface area (TPSA) is 99.6 Å². The predicted molar refractivity (Wildman–Crippen MR) is 129 cm³/mol. The molecule has 9 nitrogen and oxygen atoms in total. The number of nitrogens with zero attached hydrogens (tertiary/aromatic N) is 3. The molecule has 0 saturated carbocycles. The molecule has 3 fully saturated rings. The number of benzene rings is 1. The lowest BCUT2D eigenvalue weighted by Crippen LogP contribution is -2.65. The Hall–Kier alpha value is -2.75. The first kappa shape index (κ1) is 23.6. The number of hydrogen-bond donors (Lipinski definition) is 1. The molecule has 192 valence electrons. The number of piperazine rings is 1. The number of ether oxygens (including phenoxy) is 2. The zero-order valence-electron chi connectivity index (χ0n) is 21.1. The van der Waals surface area contributed by atoms with Crippen LogP contribution in [0.5, 0.6) is 0 Å². The van der Waals surface area contributed by atoms with E-state index < -0.39 is 11.5 Å². The van der Waals surface area contributed by atoms with E-state index in [4.69, 9.17) is 9.47 Å². The second-order valence-electron chi connectivity index (χ2n) is 11.2. The molecule has 6 rings (SSSR count). The van der Waals surface area contributed by atoms with Crippen LogP contribution in [0.3, 0.4) is 0 Å². The van der Waals surface area contributed by atoms with Gasteiger partial charge in [0.1, 0.15) is 13.2 Å². The van der Waals surface area contributed by atoms with Crippen molar-refractivity contribution >= 4 is 17.8 Å². The minimum Gasteiger partial charge on any atom is -0.457 e. The lowest BCUT2D eigenvalue weighted by molar-refractivity contribution is -0.144. The summed E-state index contributed by atoms with van der Waals surface area (Å²) in [4.78, 5) is 44.1. The highest BCUT2D eigenvalue weighted by molar-refractivity contribution is 5.94. The van der Waals surface area contributed by atoms with Gasteiger partial charge in [-0.3, -0.25) is 9.69 Å². The quantitative estimate of drug-likeness (QED) is 0.628. The van der Waals surface area contributed by atoms with Gasteiger partial charge in [0.2, 0.25) is 5.91 Å². The molecule has 4 atom stereocenters. The highest BCUT2D eigenvalue weighted by Gasteiger charge is 2.56. The fourth-order valence-corrected chi connectivity index (χ4v) is 7.18. The maximum absolute atomic E-state index is 13.8. The molecule has 5 aliphatic rings. The molecule has 2 bridgehead atoms. The summed E-state index contributed by atoms with van der Waals surface area (Å²) in [6, 6.07) is 3.91. The molecular weight excluding hydrogens is 462 g/mol. The Morgan fingerprint density at radius 1 is 1.06 bits per heavy atom. The Kier molecular flexibility index (Phi) is 5.51. The summed E-state index contributed by atoms with van der Waals surface area (Å²) in [6.07, 6.45) is 1.56. The minimum absolute atomic E-state index is 0.119. The van der Waals surface area contributed by atoms with Crippen LogP contribution in [0.4, 0.5) is 0 Å². The van der Waals surface area contributed by atoms with E-state index in [0.717, 1.165) is 54.7 Å². The number of aliphatic hydroxyl groups is 1. The van der Waals surface area contributed by atoms with Crippen molar-refractivity contribution in [1.29, 1.82) is 0 Å². The average molecular weight is 496 g/mol. The van der Waals surface area contributed by atoms with Crippen LogP contribution >= 0.6 is 0 Å². The lowest BCUT2D eigenvalue weighted by atomic mass is 9.69. The number of carbonyl (C=O) groups is 3. The first-order valence-electron chi connectivity index (χ1n) is 12.8. The molecule has 0 radical (unpaired) electrons. The molecule has 5 aliphatic heterocycles. The smallest absolute Gasteiger partial charge is 0.338 e. The van der Waals surface area contributed by atoms with Gasteiger partial charge in [-0.25, -0.2) is 9.59 Å². The van der Waals surface area contributed by atoms with Gasteiger partial charge in [0, 0.05) is 43.8 Å². The average Bonchev–Trinajstić information content (AvgIpc) is 3.47. The fraction of sp³-hybridized carbons (Fsp3) is 0.593. The van der Waals surface area contributed by atoms with Crippen LogP contribution in [0.15, 0.2) is 23.4 Å². The summed E-state index contributed by atoms with van der Waals surface area (Å²) < 4.78 is 10.4. The van der Waals surface area contributed by atoms with Gasteiger partial charge >= 0.3 is 11.9 Å². The van der Waals surface area contributed by atoms with Crippen LogP contribution < -0.4 is 0 Å². The van der Waals surface area contributed by atoms with Crippen molar-refractivity contribution < 1.29 is 29.0 Å². The van der Waals surface area contributed by atoms with Gasteiger partial charge in [0.25, 0.3) is 0 Å². The Labute approximate surface area is 210 Å². The summed E-state index contributed by atoms with van der Waals surface area (Å²) in [6.45, 7) is 6.90. The zero-order chi connectivity index (χ0) is 25.4. The van der Waals surface area contributed by atoms with Crippen molar-refractivity contribution in [3.63, 3.8) is 0 Å². The van der Waals surface area contributed by atoms with E-state index in [0.29, 0.717) is 24.2 Å². The number of aliphatic hydroxyl groups excluding tert-OH is 1. The van der Waals surface area contributed by atoms with E-state index in [1.165, 1.54) is 0 Å². The van der Waals surface area contributed by atoms with Crippen LogP contribution in [0, 0.1) is 12.3 Å². The van der Waals surface area contributed by atoms with Crippen LogP contribution in [0.25, 0.3) is 0 Å². The molecule has 1 aromatic rings. The number of carbonyl (C=O) groups excluding carboxylic acids is 3. The predicted octanol–water partition coefficient (Wildman–Crippen LogP) is 1.53. The van der Waals surface area contributed by atoms with E-state index in [-0.39, 0.29) is 43.1 Å². The van der Waals surface area contributed by atoms with Crippen LogP contribution in [0.2, 0.25) is 0 Å². The van der Waals surface area contributed by atoms with Crippen molar-refractivity contribution in [3.8, 4) is 0 Å². The second kappa shape index (κ2) is 8.39. The molecule has 0 aromatic heterocycles. The maximum Gasteiger partial charge on any atom is 0.338 e. The van der Waals surface area contributed by atoms with Gasteiger partial charge in [-0.1, -0.05) is 6.07 Å². The van der Waals surface area contributed by atoms with E-state index in [2.05, 4.69) is 16.8 Å². The third kappa shape index (κ3) is 3.51. The second-order valence-corrected chi connectivity index (χ2v) is 11.2. The molecular formula is C27H33N3O6. The Balaban J connectivity index is 1.22. The Morgan fingerprint density at radius 3 is 2.42 bits per heavy atom. The SMILES string of the molecule is CC1=C(N2CCC3(C[C@H]4CN(C)C[C@@H](C3)N4C[C@@H](O)c3ccc4c(c3C)COC4=O)C2=O)COC1=O. The first-order valence-corrected chi connectivity index (χ1v) is 12.8. The standard InChI is InChI=1S/C27H33N3O6/c1-15-19(4-5-20-21(15)13-35-25(20)33)23(31)12-30-17-8-27(9-18(30)11-28(3)10-17)6-7-29(26(27)34)22-14-36-24(32)16(22)2/h4-5,17-18,23,31H,6-14H2,1-3H3/t17-,18+,23-,27?/m1/s1. The van der Waals surface area contributed by atoms with Crippen LogP contribution in [-0.2, 0) is 25.7 Å². The van der Waals surface area contributed by atoms with Gasteiger partial charge in [0.05, 0.1) is 28.4 Å². The Morgan fingerprint density at radius 2 is 1.75 bits per heavy atom. The Bertz CT molecular complexity index is 1180. The van der Waals surface area contributed by atoms with Gasteiger partial charge in [0.15, 0.2) is 0 Å². The third-order valence-corrected chi connectivity index (χ3v) is 9.10. The molecule has 5 heterocycles. The van der Waals surface area contributed by atoms with Crippen molar-refractivity contribution in [1.82, 2.24) is 14.7 Å². The van der Waals surface area contributed by atoms with Crippen molar-refractivity contribution in [3.05, 3.63) is 45.7 Å². The normalized spacial score (nSPS) is 31.3. The molecule has 1 amide bonds. The van der Waals surface area contributed by atoms with E-state index in [1.54, 1.807) is 17.9 Å². The maximum atomic E-state index is 13.8. The molecule has 1 unspecified atom stereocenters. The minimum atomic E-state index is -0.696. The summed E-state index contributed by atoms with van der Waals surface area (Å²) in [7, 11) is 2.12. The number of piperidine rings is 1. The molecule has 1 N–H and O–H groups in total. The number of esters is 2. The number of hydrogen-bond acceptors (Lipinski definition) is 8. The highest BCUT2D eigenvalue weighted by atomic mass is 16.5. The summed E-state index contributed by atoms with van der Waals surface area (Å²) in [5.74, 6) is -0.518. The molecule has 1 spiro atoms.